The molecule has 0 aromatic carbocycles. The molecule has 0 saturated heterocycles. The van der Waals surface area contributed by atoms with Crippen molar-refractivity contribution in [1.82, 2.24) is 9.97 Å². The van der Waals surface area contributed by atoms with E-state index in [1.165, 1.54) is 0 Å². The Kier molecular flexibility index (Phi) is 1.76. The third kappa shape index (κ3) is 1.39. The number of ether oxygens (including phenoxy) is 1. The fraction of sp³-hybridized carbons (Fsp3) is 0.444. The first-order chi connectivity index (χ1) is 6.16. The van der Waals surface area contributed by atoms with Crippen molar-refractivity contribution in [1.29, 1.82) is 0 Å². The topological polar surface area (TPSA) is 52.1 Å². The number of aromatic nitrogens is 2. The van der Waals surface area contributed by atoms with Gasteiger partial charge < -0.3 is 4.74 Å². The monoisotopic (exact) mass is 178 g/mol. The molecule has 4 heteroatoms. The summed E-state index contributed by atoms with van der Waals surface area (Å²) in [6.45, 7) is 3.66. The summed E-state index contributed by atoms with van der Waals surface area (Å²) >= 11 is 0. The van der Waals surface area contributed by atoms with Crippen LogP contribution in [0.15, 0.2) is 0 Å². The lowest BCUT2D eigenvalue weighted by molar-refractivity contribution is -0.135. The van der Waals surface area contributed by atoms with Crippen LogP contribution in [0.3, 0.4) is 0 Å². The predicted molar refractivity (Wildman–Crippen MR) is 45.5 cm³/mol. The first-order valence-electron chi connectivity index (χ1n) is 4.21. The molecule has 68 valence electrons. The molecule has 0 amide bonds. The number of hydrogen-bond donors (Lipinski definition) is 0. The van der Waals surface area contributed by atoms with Crippen LogP contribution in [0.1, 0.15) is 23.6 Å². The quantitative estimate of drug-likeness (QED) is 0.555. The molecule has 0 spiro atoms. The normalized spacial score (nSPS) is 15.1. The van der Waals surface area contributed by atoms with E-state index in [1.807, 2.05) is 13.8 Å². The number of rotatable bonds is 0. The first-order valence-corrected chi connectivity index (χ1v) is 4.21. The molecule has 1 aromatic rings. The first kappa shape index (κ1) is 8.16. The Morgan fingerprint density at radius 3 is 2.77 bits per heavy atom. The molecule has 0 N–H and O–H groups in total. The van der Waals surface area contributed by atoms with Crippen LogP contribution in [0.25, 0.3) is 0 Å². The fourth-order valence-electron chi connectivity index (χ4n) is 1.46. The second kappa shape index (κ2) is 2.80. The fourth-order valence-corrected chi connectivity index (χ4v) is 1.46. The third-order valence-corrected chi connectivity index (χ3v) is 2.00. The summed E-state index contributed by atoms with van der Waals surface area (Å²) in [6.07, 6.45) is 1.08. The van der Waals surface area contributed by atoms with Crippen molar-refractivity contribution < 1.29 is 9.53 Å². The maximum atomic E-state index is 11.0. The zero-order chi connectivity index (χ0) is 9.42. The van der Waals surface area contributed by atoms with Crippen molar-refractivity contribution in [2.75, 3.05) is 0 Å². The van der Waals surface area contributed by atoms with E-state index >= 15 is 0 Å². The second-order valence-corrected chi connectivity index (χ2v) is 3.11. The zero-order valence-corrected chi connectivity index (χ0v) is 7.63. The van der Waals surface area contributed by atoms with E-state index in [-0.39, 0.29) is 5.97 Å². The van der Waals surface area contributed by atoms with Gasteiger partial charge in [0.1, 0.15) is 5.82 Å². The van der Waals surface area contributed by atoms with Crippen LogP contribution in [0.2, 0.25) is 0 Å². The van der Waals surface area contributed by atoms with Crippen LogP contribution in [0, 0.1) is 13.8 Å². The van der Waals surface area contributed by atoms with E-state index in [2.05, 4.69) is 9.97 Å². The van der Waals surface area contributed by atoms with Crippen molar-refractivity contribution in [3.63, 3.8) is 0 Å². The summed E-state index contributed by atoms with van der Waals surface area (Å²) in [5, 5.41) is 0. The van der Waals surface area contributed by atoms with E-state index in [9.17, 15) is 4.79 Å². The molecule has 0 unspecified atom stereocenters. The van der Waals surface area contributed by atoms with Gasteiger partial charge in [-0.1, -0.05) is 0 Å². The molecule has 0 bridgehead atoms. The number of carbonyl (C=O) groups excluding carboxylic acids is 1. The Bertz CT molecular complexity index is 374. The van der Waals surface area contributed by atoms with Gasteiger partial charge in [0.05, 0.1) is 17.8 Å². The second-order valence-electron chi connectivity index (χ2n) is 3.11. The highest BCUT2D eigenvalue weighted by molar-refractivity contribution is 5.75. The number of carbonyl (C=O) groups is 1. The number of esters is 1. The lowest BCUT2D eigenvalue weighted by Gasteiger charge is -2.16. The Morgan fingerprint density at radius 1 is 1.23 bits per heavy atom. The van der Waals surface area contributed by atoms with Gasteiger partial charge >= 0.3 is 5.97 Å². The SMILES string of the molecule is Cc1nc(C)c2c(n1)CCC(=O)O2. The molecular weight excluding hydrogens is 168 g/mol. The maximum Gasteiger partial charge on any atom is 0.311 e. The largest absolute Gasteiger partial charge is 0.423 e. The van der Waals surface area contributed by atoms with Crippen LogP contribution in [0.5, 0.6) is 5.75 Å². The van der Waals surface area contributed by atoms with Crippen LogP contribution < -0.4 is 4.74 Å². The Morgan fingerprint density at radius 2 is 2.00 bits per heavy atom. The molecule has 0 aliphatic carbocycles. The molecule has 1 aliphatic rings. The highest BCUT2D eigenvalue weighted by Crippen LogP contribution is 2.25. The van der Waals surface area contributed by atoms with E-state index < -0.39 is 0 Å². The Balaban J connectivity index is 2.53. The molecule has 1 aromatic heterocycles. The van der Waals surface area contributed by atoms with Crippen molar-refractivity contribution >= 4 is 5.97 Å². The highest BCUT2D eigenvalue weighted by Gasteiger charge is 2.21. The molecule has 13 heavy (non-hydrogen) atoms. The number of aryl methyl sites for hydroxylation is 3. The lowest BCUT2D eigenvalue weighted by atomic mass is 10.1. The molecule has 2 rings (SSSR count). The summed E-state index contributed by atoms with van der Waals surface area (Å²) in [6, 6.07) is 0. The predicted octanol–water partition coefficient (Wildman–Crippen LogP) is 0.945. The van der Waals surface area contributed by atoms with Gasteiger partial charge in [-0.2, -0.15) is 0 Å². The lowest BCUT2D eigenvalue weighted by Crippen LogP contribution is -2.19. The van der Waals surface area contributed by atoms with Crippen molar-refractivity contribution in [2.45, 2.75) is 26.7 Å². The van der Waals surface area contributed by atoms with Crippen molar-refractivity contribution in [2.24, 2.45) is 0 Å². The van der Waals surface area contributed by atoms with Gasteiger partial charge in [-0.3, -0.25) is 4.79 Å². The number of nitrogens with zero attached hydrogens (tertiary/aromatic N) is 2. The Labute approximate surface area is 76.0 Å². The van der Waals surface area contributed by atoms with Crippen LogP contribution >= 0.6 is 0 Å². The van der Waals surface area contributed by atoms with Crippen LogP contribution in [-0.4, -0.2) is 15.9 Å². The molecule has 1 aliphatic heterocycles. The van der Waals surface area contributed by atoms with E-state index in [0.29, 0.717) is 18.6 Å². The number of hydrogen-bond acceptors (Lipinski definition) is 4. The van der Waals surface area contributed by atoms with Gasteiger partial charge in [-0.15, -0.1) is 0 Å². The standard InChI is InChI=1S/C9H10N2O2/c1-5-9-7(11-6(2)10-5)3-4-8(12)13-9/h3-4H2,1-2H3. The van der Waals surface area contributed by atoms with Crippen molar-refractivity contribution in [3.05, 3.63) is 17.2 Å². The molecular formula is C9H10N2O2. The molecule has 0 saturated carbocycles. The van der Waals surface area contributed by atoms with Gasteiger partial charge in [0.2, 0.25) is 0 Å². The van der Waals surface area contributed by atoms with Gasteiger partial charge in [0.25, 0.3) is 0 Å². The minimum absolute atomic E-state index is 0.192. The minimum Gasteiger partial charge on any atom is -0.423 e. The van der Waals surface area contributed by atoms with Gasteiger partial charge in [0.15, 0.2) is 5.75 Å². The minimum atomic E-state index is -0.192. The summed E-state index contributed by atoms with van der Waals surface area (Å²) in [5.41, 5.74) is 1.60. The van der Waals surface area contributed by atoms with Gasteiger partial charge in [-0.25, -0.2) is 9.97 Å². The molecule has 0 radical (unpaired) electrons. The van der Waals surface area contributed by atoms with Crippen molar-refractivity contribution in [3.8, 4) is 5.75 Å². The summed E-state index contributed by atoms with van der Waals surface area (Å²) in [7, 11) is 0. The average Bonchev–Trinajstić information content (AvgIpc) is 2.06. The third-order valence-electron chi connectivity index (χ3n) is 2.00. The summed E-state index contributed by atoms with van der Waals surface area (Å²) < 4.78 is 5.05. The zero-order valence-electron chi connectivity index (χ0n) is 7.63. The maximum absolute atomic E-state index is 11.0. The van der Waals surface area contributed by atoms with E-state index in [0.717, 1.165) is 17.2 Å². The molecule has 0 fully saturated rings. The summed E-state index contributed by atoms with van der Waals surface area (Å²) in [5.74, 6) is 1.10. The smallest absolute Gasteiger partial charge is 0.311 e. The number of fused-ring (bicyclic) bond motifs is 1. The molecule has 0 atom stereocenters. The van der Waals surface area contributed by atoms with E-state index in [4.69, 9.17) is 4.74 Å². The molecule has 4 nitrogen and oxygen atoms in total. The van der Waals surface area contributed by atoms with E-state index in [1.54, 1.807) is 0 Å². The highest BCUT2D eigenvalue weighted by atomic mass is 16.5. The van der Waals surface area contributed by atoms with Crippen LogP contribution in [0.4, 0.5) is 0 Å². The summed E-state index contributed by atoms with van der Waals surface area (Å²) in [4.78, 5) is 19.3. The van der Waals surface area contributed by atoms with Crippen LogP contribution in [-0.2, 0) is 11.2 Å². The van der Waals surface area contributed by atoms with Gasteiger partial charge in [0, 0.05) is 6.42 Å². The van der Waals surface area contributed by atoms with Gasteiger partial charge in [-0.05, 0) is 13.8 Å². The average molecular weight is 178 g/mol. The Hall–Kier alpha value is -1.45. The molecule has 2 heterocycles.